The molecule has 1 atom stereocenters. The first-order valence-electron chi connectivity index (χ1n) is 9.52. The molecule has 164 valence electrons. The number of piperazine rings is 1. The number of nitrogens with one attached hydrogen (secondary N) is 1. The normalized spacial score (nSPS) is 19.1. The fourth-order valence-corrected chi connectivity index (χ4v) is 4.68. The first-order valence-corrected chi connectivity index (χ1v) is 10.8. The number of anilines is 2. The molecule has 1 aromatic carbocycles. The molecule has 1 fully saturated rings. The minimum Gasteiger partial charge on any atom is -0.352 e. The predicted octanol–water partition coefficient (Wildman–Crippen LogP) is 4.15. The standard InChI is InChI=1S/C20H18ClF3N4O2S/c1-11-18(29)26-15-8-12(2-3-16(15)31-11)19(30)28-6-4-27(5-7-28)17-14(21)9-13(10-25-17)20(22,23)24/h2-3,8-11H,4-7H2,1H3,(H,26,29)/t11-/m0/s1. The summed E-state index contributed by atoms with van der Waals surface area (Å²) in [7, 11) is 0. The van der Waals surface area contributed by atoms with Gasteiger partial charge in [-0.1, -0.05) is 11.6 Å². The zero-order valence-electron chi connectivity index (χ0n) is 16.4. The molecule has 0 aliphatic carbocycles. The van der Waals surface area contributed by atoms with Crippen molar-refractivity contribution >= 4 is 46.7 Å². The lowest BCUT2D eigenvalue weighted by Gasteiger charge is -2.36. The summed E-state index contributed by atoms with van der Waals surface area (Å²) in [5.74, 6) is -0.00664. The third-order valence-electron chi connectivity index (χ3n) is 5.17. The lowest BCUT2D eigenvalue weighted by Crippen LogP contribution is -2.49. The number of benzene rings is 1. The van der Waals surface area contributed by atoms with E-state index in [0.29, 0.717) is 37.4 Å². The minimum atomic E-state index is -4.51. The average molecular weight is 471 g/mol. The van der Waals surface area contributed by atoms with Gasteiger partial charge in [0, 0.05) is 42.8 Å². The van der Waals surface area contributed by atoms with E-state index < -0.39 is 11.7 Å². The molecule has 0 unspecified atom stereocenters. The maximum atomic E-state index is 12.9. The van der Waals surface area contributed by atoms with Crippen LogP contribution in [0.5, 0.6) is 0 Å². The van der Waals surface area contributed by atoms with Crippen LogP contribution in [0.4, 0.5) is 24.7 Å². The molecule has 0 spiro atoms. The van der Waals surface area contributed by atoms with E-state index in [1.807, 2.05) is 13.0 Å². The van der Waals surface area contributed by atoms with E-state index in [2.05, 4.69) is 10.3 Å². The summed E-state index contributed by atoms with van der Waals surface area (Å²) in [6.45, 7) is 3.33. The predicted molar refractivity (Wildman–Crippen MR) is 113 cm³/mol. The van der Waals surface area contributed by atoms with Gasteiger partial charge < -0.3 is 15.1 Å². The van der Waals surface area contributed by atoms with Gasteiger partial charge in [-0.2, -0.15) is 13.2 Å². The molecule has 2 amide bonds. The Hall–Kier alpha value is -2.46. The van der Waals surface area contributed by atoms with E-state index in [-0.39, 0.29) is 27.9 Å². The molecule has 11 heteroatoms. The van der Waals surface area contributed by atoms with Gasteiger partial charge in [0.15, 0.2) is 0 Å². The average Bonchev–Trinajstić information content (AvgIpc) is 2.73. The van der Waals surface area contributed by atoms with Crippen molar-refractivity contribution in [1.82, 2.24) is 9.88 Å². The molecule has 2 aliphatic heterocycles. The summed E-state index contributed by atoms with van der Waals surface area (Å²) in [6.07, 6.45) is -3.75. The van der Waals surface area contributed by atoms with Crippen molar-refractivity contribution < 1.29 is 22.8 Å². The number of carbonyl (C=O) groups excluding carboxylic acids is 2. The minimum absolute atomic E-state index is 0.0771. The van der Waals surface area contributed by atoms with Crippen molar-refractivity contribution in [2.75, 3.05) is 36.4 Å². The monoisotopic (exact) mass is 470 g/mol. The molecule has 6 nitrogen and oxygen atoms in total. The van der Waals surface area contributed by atoms with Gasteiger partial charge in [0.05, 0.1) is 21.5 Å². The molecule has 0 saturated carbocycles. The van der Waals surface area contributed by atoms with Crippen molar-refractivity contribution in [3.63, 3.8) is 0 Å². The fraction of sp³-hybridized carbons (Fsp3) is 0.350. The Bertz CT molecular complexity index is 1040. The molecule has 1 saturated heterocycles. The summed E-state index contributed by atoms with van der Waals surface area (Å²) < 4.78 is 38.4. The first kappa shape index (κ1) is 21.8. The highest BCUT2D eigenvalue weighted by molar-refractivity contribution is 8.00. The number of rotatable bonds is 2. The van der Waals surface area contributed by atoms with Crippen LogP contribution in [0.1, 0.15) is 22.8 Å². The van der Waals surface area contributed by atoms with Gasteiger partial charge in [0.1, 0.15) is 5.82 Å². The van der Waals surface area contributed by atoms with Gasteiger partial charge in [-0.25, -0.2) is 4.98 Å². The molecular weight excluding hydrogens is 453 g/mol. The molecule has 31 heavy (non-hydrogen) atoms. The zero-order chi connectivity index (χ0) is 22.3. The maximum absolute atomic E-state index is 12.9. The topological polar surface area (TPSA) is 65.5 Å². The summed E-state index contributed by atoms with van der Waals surface area (Å²) in [5, 5.41) is 2.55. The third-order valence-corrected chi connectivity index (χ3v) is 6.63. The highest BCUT2D eigenvalue weighted by Gasteiger charge is 2.33. The van der Waals surface area contributed by atoms with Crippen LogP contribution in [0.15, 0.2) is 35.4 Å². The number of thioether (sulfide) groups is 1. The second kappa shape index (κ2) is 8.23. The van der Waals surface area contributed by atoms with E-state index in [1.54, 1.807) is 21.9 Å². The summed E-state index contributed by atoms with van der Waals surface area (Å²) in [5.41, 5.74) is 0.189. The highest BCUT2D eigenvalue weighted by Crippen LogP contribution is 2.36. The smallest absolute Gasteiger partial charge is 0.352 e. The highest BCUT2D eigenvalue weighted by atomic mass is 35.5. The number of fused-ring (bicyclic) bond motifs is 1. The quantitative estimate of drug-likeness (QED) is 0.714. The number of aromatic nitrogens is 1. The molecule has 2 aliphatic rings. The van der Waals surface area contributed by atoms with Crippen LogP contribution >= 0.6 is 23.4 Å². The van der Waals surface area contributed by atoms with Crippen LogP contribution in [-0.4, -0.2) is 53.1 Å². The second-order valence-corrected chi connectivity index (χ2v) is 9.06. The fourth-order valence-electron chi connectivity index (χ4n) is 3.46. The zero-order valence-corrected chi connectivity index (χ0v) is 17.9. The molecule has 1 N–H and O–H groups in total. The van der Waals surface area contributed by atoms with Gasteiger partial charge in [-0.15, -0.1) is 11.8 Å². The molecule has 3 heterocycles. The number of alkyl halides is 3. The number of nitrogens with zero attached hydrogens (tertiary/aromatic N) is 3. The Balaban J connectivity index is 1.43. The maximum Gasteiger partial charge on any atom is 0.417 e. The largest absolute Gasteiger partial charge is 0.417 e. The second-order valence-electron chi connectivity index (χ2n) is 7.27. The molecule has 2 aromatic rings. The van der Waals surface area contributed by atoms with Gasteiger partial charge in [-0.05, 0) is 31.2 Å². The van der Waals surface area contributed by atoms with E-state index >= 15 is 0 Å². The molecule has 0 bridgehead atoms. The van der Waals surface area contributed by atoms with Gasteiger partial charge >= 0.3 is 6.18 Å². The van der Waals surface area contributed by atoms with Crippen molar-refractivity contribution in [1.29, 1.82) is 0 Å². The molecule has 4 rings (SSSR count). The molecular formula is C20H18ClF3N4O2S. The van der Waals surface area contributed by atoms with Crippen LogP contribution in [-0.2, 0) is 11.0 Å². The Morgan fingerprint density at radius 2 is 1.94 bits per heavy atom. The number of halogens is 4. The molecule has 1 aromatic heterocycles. The number of amides is 2. The van der Waals surface area contributed by atoms with E-state index in [0.717, 1.165) is 17.2 Å². The number of hydrogen-bond donors (Lipinski definition) is 1. The lowest BCUT2D eigenvalue weighted by molar-refractivity contribution is -0.137. The number of pyridine rings is 1. The number of hydrogen-bond acceptors (Lipinski definition) is 5. The van der Waals surface area contributed by atoms with Crippen LogP contribution < -0.4 is 10.2 Å². The third kappa shape index (κ3) is 4.45. The van der Waals surface area contributed by atoms with Crippen molar-refractivity contribution in [2.45, 2.75) is 23.2 Å². The van der Waals surface area contributed by atoms with Crippen LogP contribution in [0.3, 0.4) is 0 Å². The lowest BCUT2D eigenvalue weighted by atomic mass is 10.1. The van der Waals surface area contributed by atoms with Crippen LogP contribution in [0, 0.1) is 0 Å². The van der Waals surface area contributed by atoms with Crippen molar-refractivity contribution in [2.24, 2.45) is 0 Å². The van der Waals surface area contributed by atoms with E-state index in [9.17, 15) is 22.8 Å². The van der Waals surface area contributed by atoms with Crippen molar-refractivity contribution in [3.8, 4) is 0 Å². The van der Waals surface area contributed by atoms with E-state index in [1.165, 1.54) is 11.8 Å². The summed E-state index contributed by atoms with van der Waals surface area (Å²) in [4.78, 5) is 33.0. The van der Waals surface area contributed by atoms with Gasteiger partial charge in [0.25, 0.3) is 5.91 Å². The Morgan fingerprint density at radius 1 is 1.23 bits per heavy atom. The first-order chi connectivity index (χ1) is 14.6. The SMILES string of the molecule is C[C@@H]1Sc2ccc(C(=O)N3CCN(c4ncc(C(F)(F)F)cc4Cl)CC3)cc2NC1=O. The Labute approximate surface area is 185 Å². The van der Waals surface area contributed by atoms with E-state index in [4.69, 9.17) is 11.6 Å². The number of carbonyl (C=O) groups is 2. The summed E-state index contributed by atoms with van der Waals surface area (Å²) >= 11 is 7.48. The molecule has 0 radical (unpaired) electrons. The van der Waals surface area contributed by atoms with Gasteiger partial charge in [-0.3, -0.25) is 9.59 Å². The Kier molecular flexibility index (Phi) is 5.78. The van der Waals surface area contributed by atoms with Crippen LogP contribution in [0.2, 0.25) is 5.02 Å². The van der Waals surface area contributed by atoms with Gasteiger partial charge in [0.2, 0.25) is 5.91 Å². The summed E-state index contributed by atoms with van der Waals surface area (Å²) in [6, 6.07) is 6.10. The van der Waals surface area contributed by atoms with Crippen molar-refractivity contribution in [3.05, 3.63) is 46.6 Å². The Morgan fingerprint density at radius 3 is 2.58 bits per heavy atom. The van der Waals surface area contributed by atoms with Crippen LogP contribution in [0.25, 0.3) is 0 Å².